The number of likely N-dealkylation sites (tertiary alicyclic amines) is 1. The minimum Gasteiger partial charge on any atom is -0.490 e. The monoisotopic (exact) mass is 289 g/mol. The highest BCUT2D eigenvalue weighted by molar-refractivity contribution is 5.31. The first-order valence-electron chi connectivity index (χ1n) is 8.30. The highest BCUT2D eigenvalue weighted by Crippen LogP contribution is 2.35. The first-order chi connectivity index (χ1) is 10.1. The van der Waals surface area contributed by atoms with Crippen LogP contribution in [0.3, 0.4) is 0 Å². The van der Waals surface area contributed by atoms with E-state index in [-0.39, 0.29) is 0 Å². The second-order valence-corrected chi connectivity index (χ2v) is 6.86. The van der Waals surface area contributed by atoms with Gasteiger partial charge in [0.05, 0.1) is 11.7 Å². The summed E-state index contributed by atoms with van der Waals surface area (Å²) in [6, 6.07) is 8.67. The molecule has 2 fully saturated rings. The summed E-state index contributed by atoms with van der Waals surface area (Å²) in [6.07, 6.45) is 5.49. The molecule has 1 saturated carbocycles. The zero-order valence-corrected chi connectivity index (χ0v) is 13.2. The van der Waals surface area contributed by atoms with Crippen LogP contribution in [0.2, 0.25) is 0 Å². The predicted octanol–water partition coefficient (Wildman–Crippen LogP) is 3.31. The number of nitrogens with zero attached hydrogens (tertiary/aromatic N) is 1. The maximum atomic E-state index is 11.0. The van der Waals surface area contributed by atoms with Crippen molar-refractivity contribution < 1.29 is 9.84 Å². The molecule has 1 N–H and O–H groups in total. The van der Waals surface area contributed by atoms with E-state index in [0.717, 1.165) is 43.7 Å². The van der Waals surface area contributed by atoms with E-state index in [4.69, 9.17) is 4.74 Å². The van der Waals surface area contributed by atoms with Crippen LogP contribution in [-0.4, -0.2) is 35.2 Å². The summed E-state index contributed by atoms with van der Waals surface area (Å²) in [5.41, 5.74) is 0.359. The van der Waals surface area contributed by atoms with E-state index in [0.29, 0.717) is 12.1 Å². The Balaban J connectivity index is 1.68. The molecule has 1 aliphatic carbocycles. The van der Waals surface area contributed by atoms with Crippen LogP contribution in [0.5, 0.6) is 5.75 Å². The molecule has 2 aliphatic rings. The molecule has 1 aliphatic heterocycles. The van der Waals surface area contributed by atoms with E-state index in [9.17, 15) is 5.11 Å². The summed E-state index contributed by atoms with van der Waals surface area (Å²) in [7, 11) is 0. The lowest BCUT2D eigenvalue weighted by Crippen LogP contribution is -2.33. The molecule has 0 spiro atoms. The third kappa shape index (κ3) is 3.58. The van der Waals surface area contributed by atoms with E-state index in [1.54, 1.807) is 0 Å². The molecule has 1 aromatic rings. The fraction of sp³-hybridized carbons (Fsp3) is 0.667. The number of rotatable bonds is 4. The summed E-state index contributed by atoms with van der Waals surface area (Å²) in [4.78, 5) is 2.46. The van der Waals surface area contributed by atoms with Crippen molar-refractivity contribution in [3.8, 4) is 5.75 Å². The molecular weight excluding hydrogens is 262 g/mol. The molecule has 1 aromatic carbocycles. The standard InChI is InChI=1S/C18H27NO2/c1-14(2)19-12-3-10-18(20,11-13-19)15-4-6-16(7-5-15)21-17-8-9-17/h4-7,14,17,20H,3,8-13H2,1-2H3. The van der Waals surface area contributed by atoms with Gasteiger partial charge in [-0.05, 0) is 70.2 Å². The van der Waals surface area contributed by atoms with Crippen molar-refractivity contribution >= 4 is 0 Å². The molecule has 0 radical (unpaired) electrons. The van der Waals surface area contributed by atoms with Crippen LogP contribution < -0.4 is 4.74 Å². The van der Waals surface area contributed by atoms with Gasteiger partial charge in [0.15, 0.2) is 0 Å². The zero-order chi connectivity index (χ0) is 14.9. The summed E-state index contributed by atoms with van der Waals surface area (Å²) >= 11 is 0. The van der Waals surface area contributed by atoms with Crippen LogP contribution in [0.1, 0.15) is 51.5 Å². The van der Waals surface area contributed by atoms with Gasteiger partial charge in [-0.3, -0.25) is 0 Å². The minimum absolute atomic E-state index is 0.427. The van der Waals surface area contributed by atoms with Crippen LogP contribution in [0.15, 0.2) is 24.3 Å². The Morgan fingerprint density at radius 3 is 2.48 bits per heavy atom. The van der Waals surface area contributed by atoms with Crippen LogP contribution in [-0.2, 0) is 5.60 Å². The average molecular weight is 289 g/mol. The normalized spacial score (nSPS) is 27.6. The van der Waals surface area contributed by atoms with Crippen molar-refractivity contribution in [1.29, 1.82) is 0 Å². The lowest BCUT2D eigenvalue weighted by molar-refractivity contribution is 0.0203. The predicted molar refractivity (Wildman–Crippen MR) is 84.5 cm³/mol. The molecule has 1 unspecified atom stereocenters. The van der Waals surface area contributed by atoms with Crippen molar-refractivity contribution in [2.45, 2.75) is 63.7 Å². The zero-order valence-electron chi connectivity index (χ0n) is 13.2. The number of hydrogen-bond donors (Lipinski definition) is 1. The van der Waals surface area contributed by atoms with Crippen molar-refractivity contribution in [1.82, 2.24) is 4.90 Å². The van der Waals surface area contributed by atoms with Gasteiger partial charge in [-0.1, -0.05) is 12.1 Å². The SMILES string of the molecule is CC(C)N1CCCC(O)(c2ccc(OC3CC3)cc2)CC1. The van der Waals surface area contributed by atoms with Crippen LogP contribution in [0.25, 0.3) is 0 Å². The Labute approximate surface area is 127 Å². The second kappa shape index (κ2) is 5.98. The van der Waals surface area contributed by atoms with Gasteiger partial charge in [0, 0.05) is 12.6 Å². The molecule has 1 atom stereocenters. The number of benzene rings is 1. The van der Waals surface area contributed by atoms with E-state index in [1.807, 2.05) is 24.3 Å². The Kier molecular flexibility index (Phi) is 4.23. The number of hydrogen-bond acceptors (Lipinski definition) is 3. The van der Waals surface area contributed by atoms with Gasteiger partial charge in [-0.15, -0.1) is 0 Å². The molecule has 3 heteroatoms. The maximum Gasteiger partial charge on any atom is 0.119 e. The number of aliphatic hydroxyl groups is 1. The summed E-state index contributed by atoms with van der Waals surface area (Å²) in [5.74, 6) is 0.933. The first kappa shape index (κ1) is 14.9. The van der Waals surface area contributed by atoms with Crippen molar-refractivity contribution in [2.75, 3.05) is 13.1 Å². The molecule has 3 nitrogen and oxygen atoms in total. The van der Waals surface area contributed by atoms with Crippen molar-refractivity contribution in [3.05, 3.63) is 29.8 Å². The van der Waals surface area contributed by atoms with Gasteiger partial charge >= 0.3 is 0 Å². The molecule has 3 rings (SSSR count). The van der Waals surface area contributed by atoms with Crippen LogP contribution in [0.4, 0.5) is 0 Å². The fourth-order valence-corrected chi connectivity index (χ4v) is 3.17. The van der Waals surface area contributed by atoms with Gasteiger partial charge in [-0.2, -0.15) is 0 Å². The first-order valence-corrected chi connectivity index (χ1v) is 8.30. The van der Waals surface area contributed by atoms with E-state index < -0.39 is 5.60 Å². The second-order valence-electron chi connectivity index (χ2n) is 6.86. The Morgan fingerprint density at radius 2 is 1.86 bits per heavy atom. The van der Waals surface area contributed by atoms with Crippen LogP contribution in [0, 0.1) is 0 Å². The van der Waals surface area contributed by atoms with Crippen LogP contribution >= 0.6 is 0 Å². The Morgan fingerprint density at radius 1 is 1.14 bits per heavy atom. The molecule has 0 bridgehead atoms. The summed E-state index contributed by atoms with van der Waals surface area (Å²) in [6.45, 7) is 6.51. The number of ether oxygens (including phenoxy) is 1. The third-order valence-electron chi connectivity index (χ3n) is 4.80. The van der Waals surface area contributed by atoms with Gasteiger partial charge in [0.25, 0.3) is 0 Å². The third-order valence-corrected chi connectivity index (χ3v) is 4.80. The minimum atomic E-state index is -0.679. The lowest BCUT2D eigenvalue weighted by atomic mass is 9.87. The van der Waals surface area contributed by atoms with Crippen molar-refractivity contribution in [2.24, 2.45) is 0 Å². The molecule has 1 heterocycles. The van der Waals surface area contributed by atoms with Gasteiger partial charge < -0.3 is 14.7 Å². The van der Waals surface area contributed by atoms with Gasteiger partial charge in [0.1, 0.15) is 5.75 Å². The molecule has 116 valence electrons. The molecule has 1 saturated heterocycles. The fourth-order valence-electron chi connectivity index (χ4n) is 3.17. The van der Waals surface area contributed by atoms with Gasteiger partial charge in [0.2, 0.25) is 0 Å². The maximum absolute atomic E-state index is 11.0. The average Bonchev–Trinajstić information content (AvgIpc) is 3.27. The Bertz CT molecular complexity index is 467. The molecule has 0 aromatic heterocycles. The Hall–Kier alpha value is -1.06. The van der Waals surface area contributed by atoms with E-state index in [1.165, 1.54) is 12.8 Å². The lowest BCUT2D eigenvalue weighted by Gasteiger charge is -2.28. The largest absolute Gasteiger partial charge is 0.490 e. The summed E-state index contributed by atoms with van der Waals surface area (Å²) in [5, 5.41) is 11.0. The molecular formula is C18H27NO2. The van der Waals surface area contributed by atoms with Crippen molar-refractivity contribution in [3.63, 3.8) is 0 Å². The smallest absolute Gasteiger partial charge is 0.119 e. The highest BCUT2D eigenvalue weighted by Gasteiger charge is 2.32. The van der Waals surface area contributed by atoms with E-state index >= 15 is 0 Å². The van der Waals surface area contributed by atoms with E-state index in [2.05, 4.69) is 18.7 Å². The highest BCUT2D eigenvalue weighted by atomic mass is 16.5. The topological polar surface area (TPSA) is 32.7 Å². The van der Waals surface area contributed by atoms with Gasteiger partial charge in [-0.25, -0.2) is 0 Å². The summed E-state index contributed by atoms with van der Waals surface area (Å²) < 4.78 is 5.78. The molecule has 0 amide bonds. The molecule has 21 heavy (non-hydrogen) atoms. The quantitative estimate of drug-likeness (QED) is 0.923.